The number of rotatable bonds is 5. The van der Waals surface area contributed by atoms with E-state index in [0.717, 1.165) is 21.8 Å². The Morgan fingerprint density at radius 1 is 0.909 bits per heavy atom. The Hall–Kier alpha value is -3.51. The monoisotopic (exact) mass is 455 g/mol. The first-order chi connectivity index (χ1) is 16.2. The van der Waals surface area contributed by atoms with E-state index >= 15 is 0 Å². The largest absolute Gasteiger partial charge is 0.340 e. The van der Waals surface area contributed by atoms with Gasteiger partial charge in [0.15, 0.2) is 0 Å². The molecule has 2 amide bonds. The second-order valence-electron chi connectivity index (χ2n) is 8.31. The van der Waals surface area contributed by atoms with Crippen LogP contribution in [0.15, 0.2) is 78.2 Å². The number of fused-ring (bicyclic) bond motifs is 1. The second kappa shape index (κ2) is 9.55. The van der Waals surface area contributed by atoms with E-state index in [0.29, 0.717) is 32.6 Å². The van der Waals surface area contributed by atoms with Crippen molar-refractivity contribution in [2.45, 2.75) is 19.4 Å². The van der Waals surface area contributed by atoms with Crippen molar-refractivity contribution in [3.63, 3.8) is 0 Å². The number of benzene rings is 3. The molecule has 0 unspecified atom stereocenters. The van der Waals surface area contributed by atoms with Crippen molar-refractivity contribution in [2.24, 2.45) is 0 Å². The molecular weight excluding hydrogens is 430 g/mol. The molecule has 0 radical (unpaired) electrons. The minimum Gasteiger partial charge on any atom is -0.340 e. The first kappa shape index (κ1) is 21.3. The van der Waals surface area contributed by atoms with E-state index in [1.165, 1.54) is 10.8 Å². The first-order valence-corrected chi connectivity index (χ1v) is 12.1. The topological polar surface area (TPSA) is 53.5 Å². The molecule has 1 aliphatic rings. The third kappa shape index (κ3) is 4.96. The van der Waals surface area contributed by atoms with Crippen LogP contribution in [-0.4, -0.2) is 46.2 Å². The van der Waals surface area contributed by atoms with Gasteiger partial charge in [0.05, 0.1) is 12.1 Å². The molecular formula is C27H25N3O2S. The molecule has 0 aliphatic carbocycles. The van der Waals surface area contributed by atoms with Gasteiger partial charge >= 0.3 is 0 Å². The van der Waals surface area contributed by atoms with Gasteiger partial charge in [0, 0.05) is 43.5 Å². The average Bonchev–Trinajstić information content (AvgIpc) is 3.24. The summed E-state index contributed by atoms with van der Waals surface area (Å²) in [4.78, 5) is 34.0. The molecule has 33 heavy (non-hydrogen) atoms. The van der Waals surface area contributed by atoms with Crippen LogP contribution in [0.25, 0.3) is 21.3 Å². The van der Waals surface area contributed by atoms with Crippen LogP contribution in [0, 0.1) is 0 Å². The molecule has 0 spiro atoms. The van der Waals surface area contributed by atoms with E-state index in [9.17, 15) is 9.59 Å². The Morgan fingerprint density at radius 2 is 1.70 bits per heavy atom. The van der Waals surface area contributed by atoms with Crippen LogP contribution in [0.3, 0.4) is 0 Å². The Bertz CT molecular complexity index is 1280. The molecule has 5 nitrogen and oxygen atoms in total. The molecule has 3 aromatic carbocycles. The van der Waals surface area contributed by atoms with Gasteiger partial charge < -0.3 is 9.80 Å². The lowest BCUT2D eigenvalue weighted by molar-refractivity contribution is -0.130. The molecule has 0 N–H and O–H groups in total. The van der Waals surface area contributed by atoms with Gasteiger partial charge in [-0.15, -0.1) is 11.3 Å². The van der Waals surface area contributed by atoms with Crippen LogP contribution in [0.1, 0.15) is 17.7 Å². The maximum atomic E-state index is 12.9. The second-order valence-corrected chi connectivity index (χ2v) is 9.17. The van der Waals surface area contributed by atoms with Gasteiger partial charge in [0.1, 0.15) is 5.01 Å². The summed E-state index contributed by atoms with van der Waals surface area (Å²) >= 11 is 1.55. The lowest BCUT2D eigenvalue weighted by atomic mass is 10.1. The van der Waals surface area contributed by atoms with Gasteiger partial charge in [-0.05, 0) is 22.4 Å². The van der Waals surface area contributed by atoms with Crippen LogP contribution in [0.2, 0.25) is 0 Å². The van der Waals surface area contributed by atoms with Crippen LogP contribution >= 0.6 is 11.3 Å². The van der Waals surface area contributed by atoms with Gasteiger partial charge in [-0.3, -0.25) is 9.59 Å². The summed E-state index contributed by atoms with van der Waals surface area (Å²) in [7, 11) is 0. The molecule has 5 rings (SSSR count). The highest BCUT2D eigenvalue weighted by atomic mass is 32.1. The number of nitrogens with zero attached hydrogens (tertiary/aromatic N) is 3. The van der Waals surface area contributed by atoms with E-state index in [1.807, 2.05) is 52.7 Å². The number of hydrogen-bond acceptors (Lipinski definition) is 4. The molecule has 1 aromatic heterocycles. The molecule has 1 saturated heterocycles. The van der Waals surface area contributed by atoms with E-state index in [4.69, 9.17) is 0 Å². The molecule has 4 aromatic rings. The van der Waals surface area contributed by atoms with Crippen molar-refractivity contribution >= 4 is 33.9 Å². The van der Waals surface area contributed by atoms with Crippen LogP contribution in [-0.2, 0) is 22.6 Å². The third-order valence-corrected chi connectivity index (χ3v) is 6.97. The predicted octanol–water partition coefficient (Wildman–Crippen LogP) is 4.77. The highest BCUT2D eigenvalue weighted by Gasteiger charge is 2.24. The Morgan fingerprint density at radius 3 is 2.55 bits per heavy atom. The zero-order valence-electron chi connectivity index (χ0n) is 18.3. The molecule has 6 heteroatoms. The standard InChI is InChI=1S/C27H25N3O2S/c31-25-12-13-29(26(32)17-24-19-33-27(28-24)22-7-2-1-3-8-22)14-15-30(25)18-20-10-11-21-6-4-5-9-23(21)16-20/h1-11,16,19H,12-15,17-18H2. The zero-order valence-corrected chi connectivity index (χ0v) is 19.1. The fraction of sp³-hybridized carbons (Fsp3) is 0.222. The zero-order chi connectivity index (χ0) is 22.6. The summed E-state index contributed by atoms with van der Waals surface area (Å²) in [6.07, 6.45) is 0.619. The number of aromatic nitrogens is 1. The summed E-state index contributed by atoms with van der Waals surface area (Å²) in [5.74, 6) is 0.124. The van der Waals surface area contributed by atoms with Crippen molar-refractivity contribution in [1.82, 2.24) is 14.8 Å². The number of carbonyl (C=O) groups excluding carboxylic acids is 2. The number of thiazole rings is 1. The minimum absolute atomic E-state index is 0.0280. The third-order valence-electron chi connectivity index (χ3n) is 6.03. The highest BCUT2D eigenvalue weighted by Crippen LogP contribution is 2.24. The molecule has 0 saturated carbocycles. The lowest BCUT2D eigenvalue weighted by Crippen LogP contribution is -2.36. The number of amides is 2. The predicted molar refractivity (Wildman–Crippen MR) is 132 cm³/mol. The van der Waals surface area contributed by atoms with Gasteiger partial charge in [0.25, 0.3) is 0 Å². The maximum absolute atomic E-state index is 12.9. The molecule has 1 aliphatic heterocycles. The van der Waals surface area contributed by atoms with Crippen molar-refractivity contribution in [2.75, 3.05) is 19.6 Å². The summed E-state index contributed by atoms with van der Waals surface area (Å²) in [6, 6.07) is 24.5. The summed E-state index contributed by atoms with van der Waals surface area (Å²) in [5.41, 5.74) is 2.95. The number of carbonyl (C=O) groups is 2. The van der Waals surface area contributed by atoms with Crippen molar-refractivity contribution in [1.29, 1.82) is 0 Å². The maximum Gasteiger partial charge on any atom is 0.228 e. The molecule has 0 atom stereocenters. The fourth-order valence-electron chi connectivity index (χ4n) is 4.21. The van der Waals surface area contributed by atoms with Gasteiger partial charge in [-0.1, -0.05) is 66.7 Å². The van der Waals surface area contributed by atoms with Crippen LogP contribution in [0.5, 0.6) is 0 Å². The summed E-state index contributed by atoms with van der Waals surface area (Å²) < 4.78 is 0. The quantitative estimate of drug-likeness (QED) is 0.436. The average molecular weight is 456 g/mol. The van der Waals surface area contributed by atoms with Crippen LogP contribution in [0.4, 0.5) is 0 Å². The summed E-state index contributed by atoms with van der Waals surface area (Å²) in [5, 5.41) is 5.24. The lowest BCUT2D eigenvalue weighted by Gasteiger charge is -2.22. The van der Waals surface area contributed by atoms with E-state index in [2.05, 4.69) is 35.3 Å². The first-order valence-electron chi connectivity index (χ1n) is 11.2. The normalized spacial score (nSPS) is 14.5. The summed E-state index contributed by atoms with van der Waals surface area (Å²) in [6.45, 7) is 2.12. The molecule has 0 bridgehead atoms. The Labute approximate surface area is 197 Å². The smallest absolute Gasteiger partial charge is 0.228 e. The van der Waals surface area contributed by atoms with Crippen molar-refractivity contribution in [3.8, 4) is 10.6 Å². The fourth-order valence-corrected chi connectivity index (χ4v) is 5.03. The minimum atomic E-state index is 0.0280. The Balaban J connectivity index is 1.21. The van der Waals surface area contributed by atoms with Crippen LogP contribution < -0.4 is 0 Å². The highest BCUT2D eigenvalue weighted by molar-refractivity contribution is 7.13. The SMILES string of the molecule is O=C(Cc1csc(-c2ccccc2)n1)N1CCC(=O)N(Cc2ccc3ccccc3c2)CC1. The van der Waals surface area contributed by atoms with Gasteiger partial charge in [-0.25, -0.2) is 4.98 Å². The van der Waals surface area contributed by atoms with E-state index in [-0.39, 0.29) is 18.2 Å². The van der Waals surface area contributed by atoms with Crippen molar-refractivity contribution in [3.05, 3.63) is 89.4 Å². The molecule has 2 heterocycles. The molecule has 1 fully saturated rings. The van der Waals surface area contributed by atoms with Crippen molar-refractivity contribution < 1.29 is 9.59 Å². The Kier molecular flexibility index (Phi) is 6.17. The van der Waals surface area contributed by atoms with Gasteiger partial charge in [-0.2, -0.15) is 0 Å². The molecule has 166 valence electrons. The van der Waals surface area contributed by atoms with Gasteiger partial charge in [0.2, 0.25) is 11.8 Å². The van der Waals surface area contributed by atoms with E-state index < -0.39 is 0 Å². The number of hydrogen-bond donors (Lipinski definition) is 0. The van der Waals surface area contributed by atoms with E-state index in [1.54, 1.807) is 16.2 Å².